The molecule has 2 aromatic heterocycles. The molecule has 162 valence electrons. The van der Waals surface area contributed by atoms with Gasteiger partial charge in [0.25, 0.3) is 0 Å². The fourth-order valence-corrected chi connectivity index (χ4v) is 4.81. The molecule has 7 heteroatoms. The smallest absolute Gasteiger partial charge is 0.170 e. The van der Waals surface area contributed by atoms with Crippen LogP contribution in [0, 0.1) is 13.8 Å². The van der Waals surface area contributed by atoms with Gasteiger partial charge in [0.15, 0.2) is 5.11 Å². The Morgan fingerprint density at radius 1 is 1.16 bits per heavy atom. The highest BCUT2D eigenvalue weighted by atomic mass is 32.1. The molecule has 1 aliphatic heterocycles. The van der Waals surface area contributed by atoms with Gasteiger partial charge in [0.1, 0.15) is 5.75 Å². The number of benzene rings is 1. The van der Waals surface area contributed by atoms with E-state index < -0.39 is 0 Å². The third-order valence-electron chi connectivity index (χ3n) is 5.86. The van der Waals surface area contributed by atoms with Crippen molar-refractivity contribution in [2.75, 3.05) is 20.3 Å². The average molecular weight is 437 g/mol. The molecule has 1 fully saturated rings. The SMILES string of the molecule is COCCCN1C(=S)N[C@H](c2ccccn2)[C@H]1c1cc(C)n(-c2ccccc2O)c1C. The summed E-state index contributed by atoms with van der Waals surface area (Å²) < 4.78 is 7.38. The number of phenols is 1. The van der Waals surface area contributed by atoms with Gasteiger partial charge in [-0.3, -0.25) is 4.98 Å². The van der Waals surface area contributed by atoms with Gasteiger partial charge in [-0.2, -0.15) is 0 Å². The number of rotatable bonds is 7. The fraction of sp³-hybridized carbons (Fsp3) is 0.333. The molecule has 0 aliphatic carbocycles. The molecule has 3 heterocycles. The van der Waals surface area contributed by atoms with E-state index in [2.05, 4.69) is 39.7 Å². The minimum Gasteiger partial charge on any atom is -0.506 e. The lowest BCUT2D eigenvalue weighted by atomic mass is 9.96. The van der Waals surface area contributed by atoms with Crippen LogP contribution in [0.2, 0.25) is 0 Å². The molecule has 3 aromatic rings. The van der Waals surface area contributed by atoms with Gasteiger partial charge >= 0.3 is 0 Å². The molecule has 0 radical (unpaired) electrons. The number of para-hydroxylation sites is 2. The third-order valence-corrected chi connectivity index (χ3v) is 6.21. The number of hydrogen-bond donors (Lipinski definition) is 2. The number of pyridine rings is 1. The Morgan fingerprint density at radius 2 is 1.94 bits per heavy atom. The third kappa shape index (κ3) is 4.03. The normalized spacial score (nSPS) is 18.4. The first-order valence-electron chi connectivity index (χ1n) is 10.5. The summed E-state index contributed by atoms with van der Waals surface area (Å²) in [6.45, 7) is 5.62. The molecule has 0 amide bonds. The summed E-state index contributed by atoms with van der Waals surface area (Å²) in [5, 5.41) is 14.7. The predicted octanol–water partition coefficient (Wildman–Crippen LogP) is 4.20. The quantitative estimate of drug-likeness (QED) is 0.428. The van der Waals surface area contributed by atoms with E-state index in [1.165, 1.54) is 5.56 Å². The van der Waals surface area contributed by atoms with Crippen LogP contribution in [0.1, 0.15) is 41.1 Å². The number of aryl methyl sites for hydroxylation is 1. The predicted molar refractivity (Wildman–Crippen MR) is 126 cm³/mol. The van der Waals surface area contributed by atoms with Gasteiger partial charge in [-0.15, -0.1) is 0 Å². The summed E-state index contributed by atoms with van der Waals surface area (Å²) in [5.41, 5.74) is 5.03. The van der Waals surface area contributed by atoms with Crippen LogP contribution in [0.4, 0.5) is 0 Å². The molecule has 2 N–H and O–H groups in total. The number of hydrogen-bond acceptors (Lipinski definition) is 4. The molecule has 0 bridgehead atoms. The van der Waals surface area contributed by atoms with Gasteiger partial charge in [0.2, 0.25) is 0 Å². The van der Waals surface area contributed by atoms with Gasteiger partial charge in [-0.05, 0) is 68.4 Å². The Labute approximate surface area is 188 Å². The summed E-state index contributed by atoms with van der Waals surface area (Å²) in [6.07, 6.45) is 2.69. The number of nitrogens with one attached hydrogen (secondary N) is 1. The highest BCUT2D eigenvalue weighted by Crippen LogP contribution is 2.41. The molecular formula is C24H28N4O2S. The molecule has 1 saturated heterocycles. The van der Waals surface area contributed by atoms with Gasteiger partial charge < -0.3 is 24.6 Å². The molecule has 0 saturated carbocycles. The van der Waals surface area contributed by atoms with E-state index >= 15 is 0 Å². The van der Waals surface area contributed by atoms with E-state index in [-0.39, 0.29) is 17.8 Å². The van der Waals surface area contributed by atoms with Crippen LogP contribution < -0.4 is 5.32 Å². The number of methoxy groups -OCH3 is 1. The van der Waals surface area contributed by atoms with Crippen LogP contribution in [-0.2, 0) is 4.74 Å². The van der Waals surface area contributed by atoms with E-state index in [9.17, 15) is 5.11 Å². The second-order valence-electron chi connectivity index (χ2n) is 7.82. The van der Waals surface area contributed by atoms with Gasteiger partial charge in [-0.25, -0.2) is 0 Å². The maximum atomic E-state index is 10.5. The highest BCUT2D eigenvalue weighted by Gasteiger charge is 2.41. The molecule has 6 nitrogen and oxygen atoms in total. The van der Waals surface area contributed by atoms with E-state index in [0.29, 0.717) is 6.61 Å². The van der Waals surface area contributed by atoms with Crippen molar-refractivity contribution in [3.8, 4) is 11.4 Å². The number of phenolic OH excluding ortho intramolecular Hbond substituents is 1. The van der Waals surface area contributed by atoms with Crippen molar-refractivity contribution < 1.29 is 9.84 Å². The Kier molecular flexibility index (Phi) is 6.25. The minimum atomic E-state index is -0.0606. The number of aromatic hydroxyl groups is 1. The second-order valence-corrected chi connectivity index (χ2v) is 8.20. The van der Waals surface area contributed by atoms with E-state index in [0.717, 1.165) is 40.8 Å². The molecule has 1 aliphatic rings. The molecule has 31 heavy (non-hydrogen) atoms. The van der Waals surface area contributed by atoms with Crippen molar-refractivity contribution in [3.63, 3.8) is 0 Å². The summed E-state index contributed by atoms with van der Waals surface area (Å²) in [4.78, 5) is 6.85. The average Bonchev–Trinajstić information content (AvgIpc) is 3.25. The molecular weight excluding hydrogens is 408 g/mol. The lowest BCUT2D eigenvalue weighted by Gasteiger charge is -2.28. The molecule has 1 aromatic carbocycles. The first-order valence-corrected chi connectivity index (χ1v) is 10.9. The van der Waals surface area contributed by atoms with Gasteiger partial charge in [-0.1, -0.05) is 18.2 Å². The lowest BCUT2D eigenvalue weighted by Crippen LogP contribution is -2.31. The zero-order chi connectivity index (χ0) is 22.0. The van der Waals surface area contributed by atoms with Crippen molar-refractivity contribution in [2.45, 2.75) is 32.4 Å². The van der Waals surface area contributed by atoms with Crippen LogP contribution >= 0.6 is 12.2 Å². The maximum Gasteiger partial charge on any atom is 0.170 e. The minimum absolute atomic E-state index is 0.00920. The number of thiocarbonyl (C=S) groups is 1. The number of ether oxygens (including phenoxy) is 1. The van der Waals surface area contributed by atoms with Crippen LogP contribution in [0.15, 0.2) is 54.7 Å². The van der Waals surface area contributed by atoms with Crippen molar-refractivity contribution in [3.05, 3.63) is 77.4 Å². The number of nitrogens with zero attached hydrogens (tertiary/aromatic N) is 3. The van der Waals surface area contributed by atoms with Crippen molar-refractivity contribution in [2.24, 2.45) is 0 Å². The van der Waals surface area contributed by atoms with E-state index in [1.54, 1.807) is 13.2 Å². The van der Waals surface area contributed by atoms with Crippen LogP contribution in [0.3, 0.4) is 0 Å². The second kappa shape index (κ2) is 9.08. The topological polar surface area (TPSA) is 62.5 Å². The summed E-state index contributed by atoms with van der Waals surface area (Å²) in [5.74, 6) is 0.258. The molecule has 0 unspecified atom stereocenters. The summed E-state index contributed by atoms with van der Waals surface area (Å²) in [7, 11) is 1.72. The van der Waals surface area contributed by atoms with Gasteiger partial charge in [0.05, 0.1) is 23.5 Å². The summed E-state index contributed by atoms with van der Waals surface area (Å²) >= 11 is 5.74. The zero-order valence-corrected chi connectivity index (χ0v) is 18.9. The first kappa shape index (κ1) is 21.3. The van der Waals surface area contributed by atoms with Crippen LogP contribution in [-0.4, -0.2) is 44.9 Å². The fourth-order valence-electron chi connectivity index (χ4n) is 4.48. The van der Waals surface area contributed by atoms with Crippen LogP contribution in [0.5, 0.6) is 5.75 Å². The van der Waals surface area contributed by atoms with Crippen molar-refractivity contribution in [1.82, 2.24) is 19.8 Å². The van der Waals surface area contributed by atoms with E-state index in [4.69, 9.17) is 17.0 Å². The largest absolute Gasteiger partial charge is 0.506 e. The van der Waals surface area contributed by atoms with Crippen molar-refractivity contribution >= 4 is 17.3 Å². The highest BCUT2D eigenvalue weighted by molar-refractivity contribution is 7.80. The Bertz CT molecular complexity index is 1070. The molecule has 4 rings (SSSR count). The van der Waals surface area contributed by atoms with Crippen molar-refractivity contribution in [1.29, 1.82) is 0 Å². The van der Waals surface area contributed by atoms with Crippen LogP contribution in [0.25, 0.3) is 5.69 Å². The van der Waals surface area contributed by atoms with Gasteiger partial charge in [0, 0.05) is 37.8 Å². The molecule has 0 spiro atoms. The zero-order valence-electron chi connectivity index (χ0n) is 18.1. The maximum absolute atomic E-state index is 10.5. The monoisotopic (exact) mass is 436 g/mol. The molecule has 2 atom stereocenters. The number of aromatic nitrogens is 2. The standard InChI is InChI=1S/C24H28N4O2S/c1-16-15-18(17(2)28(16)20-10-4-5-11-21(20)29)23-22(19-9-6-7-12-25-19)26-24(31)27(23)13-8-14-30-3/h4-7,9-12,15,22-23,29H,8,13-14H2,1-3H3,(H,26,31)/t22-,23-/m1/s1. The lowest BCUT2D eigenvalue weighted by molar-refractivity contribution is 0.180. The Morgan fingerprint density at radius 3 is 2.65 bits per heavy atom. The summed E-state index contributed by atoms with van der Waals surface area (Å²) in [6, 6.07) is 15.5. The van der Waals surface area contributed by atoms with E-state index in [1.807, 2.05) is 42.6 Å². The Balaban J connectivity index is 1.80. The first-order chi connectivity index (χ1) is 15.0. The Hall–Kier alpha value is -2.90.